The van der Waals surface area contributed by atoms with E-state index in [2.05, 4.69) is 10.2 Å². The van der Waals surface area contributed by atoms with Gasteiger partial charge in [0.15, 0.2) is 0 Å². The topological polar surface area (TPSA) is 44.8 Å². The molecule has 0 aromatic carbocycles. The van der Waals surface area contributed by atoms with Crippen molar-refractivity contribution in [3.63, 3.8) is 0 Å². The summed E-state index contributed by atoms with van der Waals surface area (Å²) in [5.41, 5.74) is 0. The molecule has 2 saturated heterocycles. The second-order valence-electron chi connectivity index (χ2n) is 4.20. The van der Waals surface area contributed by atoms with Gasteiger partial charge in [0.2, 0.25) is 0 Å². The van der Waals surface area contributed by atoms with Crippen molar-refractivity contribution >= 4 is 6.09 Å². The molecule has 5 heteroatoms. The van der Waals surface area contributed by atoms with Crippen molar-refractivity contribution in [2.75, 3.05) is 46.4 Å². The number of rotatable bonds is 2. The van der Waals surface area contributed by atoms with E-state index in [-0.39, 0.29) is 6.09 Å². The number of carbonyl (C=O) groups excluding carboxylic acids is 1. The van der Waals surface area contributed by atoms with Crippen LogP contribution in [0.2, 0.25) is 0 Å². The van der Waals surface area contributed by atoms with Crippen LogP contribution in [0.3, 0.4) is 0 Å². The summed E-state index contributed by atoms with van der Waals surface area (Å²) in [4.78, 5) is 15.4. The van der Waals surface area contributed by atoms with Gasteiger partial charge in [-0.1, -0.05) is 0 Å². The summed E-state index contributed by atoms with van der Waals surface area (Å²) in [6, 6.07) is 0.676. The average molecular weight is 213 g/mol. The fourth-order valence-corrected chi connectivity index (χ4v) is 2.06. The van der Waals surface area contributed by atoms with Crippen molar-refractivity contribution in [1.29, 1.82) is 0 Å². The molecular formula is C10H19N3O2. The largest absolute Gasteiger partial charge is 0.453 e. The summed E-state index contributed by atoms with van der Waals surface area (Å²) in [5.74, 6) is 0. The number of hydrogen-bond donors (Lipinski definition) is 1. The number of ether oxygens (including phenoxy) is 1. The first-order chi connectivity index (χ1) is 7.29. The molecule has 2 heterocycles. The van der Waals surface area contributed by atoms with Gasteiger partial charge in [0.05, 0.1) is 7.11 Å². The maximum atomic E-state index is 11.2. The van der Waals surface area contributed by atoms with Gasteiger partial charge in [0.25, 0.3) is 0 Å². The first kappa shape index (κ1) is 10.7. The first-order valence-electron chi connectivity index (χ1n) is 5.58. The Labute approximate surface area is 90.4 Å². The van der Waals surface area contributed by atoms with Crippen LogP contribution in [0.5, 0.6) is 0 Å². The summed E-state index contributed by atoms with van der Waals surface area (Å²) in [6.45, 7) is 5.79. The zero-order valence-corrected chi connectivity index (χ0v) is 9.24. The lowest BCUT2D eigenvalue weighted by Crippen LogP contribution is -2.55. The molecule has 1 atom stereocenters. The maximum absolute atomic E-state index is 11.2. The van der Waals surface area contributed by atoms with Gasteiger partial charge in [0, 0.05) is 38.8 Å². The Morgan fingerprint density at radius 2 is 2.07 bits per heavy atom. The number of nitrogens with zero attached hydrogens (tertiary/aromatic N) is 2. The van der Waals surface area contributed by atoms with E-state index in [4.69, 9.17) is 4.74 Å². The number of piperazine rings is 1. The molecule has 0 aliphatic carbocycles. The van der Waals surface area contributed by atoms with Gasteiger partial charge in [0.1, 0.15) is 0 Å². The molecule has 0 aromatic heterocycles. The second kappa shape index (κ2) is 4.81. The highest BCUT2D eigenvalue weighted by Gasteiger charge is 2.25. The Balaban J connectivity index is 1.69. The summed E-state index contributed by atoms with van der Waals surface area (Å²) < 4.78 is 4.69. The predicted molar refractivity (Wildman–Crippen MR) is 56.8 cm³/mol. The highest BCUT2D eigenvalue weighted by molar-refractivity contribution is 5.67. The molecular weight excluding hydrogens is 194 g/mol. The van der Waals surface area contributed by atoms with Crippen LogP contribution in [0, 0.1) is 0 Å². The highest BCUT2D eigenvalue weighted by atomic mass is 16.5. The fraction of sp³-hybridized carbons (Fsp3) is 0.900. The van der Waals surface area contributed by atoms with Crippen molar-refractivity contribution in [3.8, 4) is 0 Å². The van der Waals surface area contributed by atoms with E-state index in [9.17, 15) is 4.79 Å². The molecule has 2 rings (SSSR count). The van der Waals surface area contributed by atoms with Gasteiger partial charge >= 0.3 is 6.09 Å². The third-order valence-corrected chi connectivity index (χ3v) is 3.21. The lowest BCUT2D eigenvalue weighted by atomic mass is 10.1. The summed E-state index contributed by atoms with van der Waals surface area (Å²) in [7, 11) is 1.44. The lowest BCUT2D eigenvalue weighted by Gasteiger charge is -2.38. The van der Waals surface area contributed by atoms with Crippen molar-refractivity contribution in [3.05, 3.63) is 0 Å². The number of amides is 1. The normalized spacial score (nSPS) is 27.3. The molecule has 0 radical (unpaired) electrons. The van der Waals surface area contributed by atoms with Crippen LogP contribution in [0.25, 0.3) is 0 Å². The Morgan fingerprint density at radius 1 is 1.40 bits per heavy atom. The van der Waals surface area contributed by atoms with E-state index in [1.807, 2.05) is 0 Å². The van der Waals surface area contributed by atoms with Crippen LogP contribution < -0.4 is 5.32 Å². The molecule has 1 N–H and O–H groups in total. The minimum absolute atomic E-state index is 0.198. The van der Waals surface area contributed by atoms with E-state index in [1.165, 1.54) is 13.5 Å². The van der Waals surface area contributed by atoms with Crippen molar-refractivity contribution < 1.29 is 9.53 Å². The Morgan fingerprint density at radius 3 is 2.53 bits per heavy atom. The highest BCUT2D eigenvalue weighted by Crippen LogP contribution is 2.08. The number of methoxy groups -OCH3 is 1. The van der Waals surface area contributed by atoms with Crippen molar-refractivity contribution in [2.45, 2.75) is 12.5 Å². The zero-order valence-electron chi connectivity index (χ0n) is 9.24. The van der Waals surface area contributed by atoms with Gasteiger partial charge in [-0.2, -0.15) is 0 Å². The minimum atomic E-state index is -0.198. The molecule has 2 fully saturated rings. The summed E-state index contributed by atoms with van der Waals surface area (Å²) >= 11 is 0. The second-order valence-corrected chi connectivity index (χ2v) is 4.20. The Bertz CT molecular complexity index is 223. The Kier molecular flexibility index (Phi) is 3.43. The third kappa shape index (κ3) is 2.60. The minimum Gasteiger partial charge on any atom is -0.453 e. The molecule has 86 valence electrons. The summed E-state index contributed by atoms with van der Waals surface area (Å²) in [5, 5.41) is 3.39. The molecule has 5 nitrogen and oxygen atoms in total. The van der Waals surface area contributed by atoms with Gasteiger partial charge in [-0.3, -0.25) is 4.90 Å². The molecule has 0 aromatic rings. The first-order valence-corrected chi connectivity index (χ1v) is 5.58. The molecule has 0 spiro atoms. The van der Waals surface area contributed by atoms with Crippen LogP contribution in [0.4, 0.5) is 4.79 Å². The number of nitrogens with one attached hydrogen (secondary N) is 1. The zero-order chi connectivity index (χ0) is 10.7. The van der Waals surface area contributed by atoms with Crippen LogP contribution in [0.15, 0.2) is 0 Å². The van der Waals surface area contributed by atoms with Crippen molar-refractivity contribution in [1.82, 2.24) is 15.1 Å². The summed E-state index contributed by atoms with van der Waals surface area (Å²) in [6.07, 6.45) is 1.09. The molecule has 0 bridgehead atoms. The van der Waals surface area contributed by atoms with Crippen LogP contribution in [-0.2, 0) is 4.74 Å². The Hall–Kier alpha value is -0.810. The molecule has 1 unspecified atom stereocenters. The number of hydrogen-bond acceptors (Lipinski definition) is 4. The average Bonchev–Trinajstić information content (AvgIpc) is 2.23. The lowest BCUT2D eigenvalue weighted by molar-refractivity contribution is 0.0842. The molecule has 15 heavy (non-hydrogen) atoms. The van der Waals surface area contributed by atoms with E-state index < -0.39 is 0 Å². The van der Waals surface area contributed by atoms with E-state index in [1.54, 1.807) is 4.90 Å². The maximum Gasteiger partial charge on any atom is 0.409 e. The van der Waals surface area contributed by atoms with Gasteiger partial charge in [-0.25, -0.2) is 4.79 Å². The van der Waals surface area contributed by atoms with Crippen LogP contribution in [-0.4, -0.2) is 68.3 Å². The quantitative estimate of drug-likeness (QED) is 0.686. The van der Waals surface area contributed by atoms with Crippen molar-refractivity contribution in [2.24, 2.45) is 0 Å². The number of carbonyl (C=O) groups is 1. The van der Waals surface area contributed by atoms with Gasteiger partial charge in [-0.15, -0.1) is 0 Å². The van der Waals surface area contributed by atoms with Gasteiger partial charge in [-0.05, 0) is 13.0 Å². The third-order valence-electron chi connectivity index (χ3n) is 3.21. The fourth-order valence-electron chi connectivity index (χ4n) is 2.06. The monoisotopic (exact) mass is 213 g/mol. The molecule has 0 saturated carbocycles. The smallest absolute Gasteiger partial charge is 0.409 e. The van der Waals surface area contributed by atoms with Crippen LogP contribution >= 0.6 is 0 Å². The van der Waals surface area contributed by atoms with E-state index in [0.29, 0.717) is 6.04 Å². The van der Waals surface area contributed by atoms with Crippen LogP contribution in [0.1, 0.15) is 6.42 Å². The van der Waals surface area contributed by atoms with E-state index >= 15 is 0 Å². The predicted octanol–water partition coefficient (Wildman–Crippen LogP) is -0.268. The SMILES string of the molecule is COC(=O)N1CCN(CC2CCN2)CC1. The molecule has 2 aliphatic rings. The van der Waals surface area contributed by atoms with E-state index in [0.717, 1.165) is 39.3 Å². The standard InChI is InChI=1S/C10H19N3O2/c1-15-10(14)13-6-4-12(5-7-13)8-9-2-3-11-9/h9,11H,2-8H2,1H3. The molecule has 2 aliphatic heterocycles. The molecule has 1 amide bonds. The van der Waals surface area contributed by atoms with Gasteiger partial charge < -0.3 is 15.0 Å².